The lowest BCUT2D eigenvalue weighted by molar-refractivity contribution is 0.0500. The van der Waals surface area contributed by atoms with Crippen LogP contribution in [-0.2, 0) is 28.9 Å². The molecule has 2 heterocycles. The summed E-state index contributed by atoms with van der Waals surface area (Å²) in [5.41, 5.74) is 8.67. The summed E-state index contributed by atoms with van der Waals surface area (Å²) in [4.78, 5) is 32.8. The van der Waals surface area contributed by atoms with E-state index in [9.17, 15) is 9.59 Å². The number of ether oxygens (including phenoxy) is 2. The van der Waals surface area contributed by atoms with Crippen LogP contribution in [0.2, 0.25) is 0 Å². The molecule has 0 radical (unpaired) electrons. The van der Waals surface area contributed by atoms with Crippen molar-refractivity contribution in [3.63, 3.8) is 0 Å². The fourth-order valence-corrected chi connectivity index (χ4v) is 3.32. The van der Waals surface area contributed by atoms with E-state index in [0.29, 0.717) is 49.4 Å². The average molecular weight is 416 g/mol. The van der Waals surface area contributed by atoms with Gasteiger partial charge < -0.3 is 20.5 Å². The Hall–Kier alpha value is -3.17. The van der Waals surface area contributed by atoms with Gasteiger partial charge in [0, 0.05) is 24.8 Å². The number of nitrogens with zero attached hydrogens (tertiary/aromatic N) is 4. The Morgan fingerprint density at radius 2 is 2.03 bits per heavy atom. The van der Waals surface area contributed by atoms with Crippen LogP contribution in [0.25, 0.3) is 11.4 Å². The first-order chi connectivity index (χ1) is 14.2. The number of carbonyl (C=O) groups excluding carboxylic acids is 2. The van der Waals surface area contributed by atoms with Gasteiger partial charge in [0.05, 0.1) is 12.3 Å². The second-order valence-corrected chi connectivity index (χ2v) is 8.00. The molecule has 3 N–H and O–H groups in total. The van der Waals surface area contributed by atoms with Crippen LogP contribution < -0.4 is 11.1 Å². The minimum Gasteiger partial charge on any atom is -0.461 e. The van der Waals surface area contributed by atoms with Gasteiger partial charge in [0.15, 0.2) is 0 Å². The number of aryl methyl sites for hydroxylation is 2. The van der Waals surface area contributed by atoms with Gasteiger partial charge in [-0.2, -0.15) is 5.10 Å². The van der Waals surface area contributed by atoms with Crippen LogP contribution in [0.4, 0.5) is 10.7 Å². The zero-order chi connectivity index (χ0) is 21.9. The summed E-state index contributed by atoms with van der Waals surface area (Å²) in [6.07, 6.45) is 3.12. The van der Waals surface area contributed by atoms with Gasteiger partial charge in [0.2, 0.25) is 5.95 Å². The average Bonchev–Trinajstić information content (AvgIpc) is 3.03. The number of anilines is 1. The molecule has 10 nitrogen and oxygen atoms in total. The molecule has 30 heavy (non-hydrogen) atoms. The van der Waals surface area contributed by atoms with Crippen molar-refractivity contribution in [1.82, 2.24) is 25.1 Å². The van der Waals surface area contributed by atoms with E-state index in [-0.39, 0.29) is 12.6 Å². The fraction of sp³-hybridized carbons (Fsp3) is 0.550. The van der Waals surface area contributed by atoms with E-state index in [2.05, 4.69) is 20.4 Å². The predicted molar refractivity (Wildman–Crippen MR) is 110 cm³/mol. The van der Waals surface area contributed by atoms with Crippen LogP contribution in [0.15, 0.2) is 6.20 Å². The molecule has 0 saturated heterocycles. The number of amides is 1. The van der Waals surface area contributed by atoms with Crippen LogP contribution in [0.1, 0.15) is 55.7 Å². The molecule has 0 aliphatic heterocycles. The zero-order valence-electron chi connectivity index (χ0n) is 17.8. The molecule has 0 bridgehead atoms. The minimum absolute atomic E-state index is 0.162. The Morgan fingerprint density at radius 3 is 2.73 bits per heavy atom. The highest BCUT2D eigenvalue weighted by molar-refractivity contribution is 5.92. The van der Waals surface area contributed by atoms with Gasteiger partial charge in [-0.3, -0.25) is 4.68 Å². The lowest BCUT2D eigenvalue weighted by Crippen LogP contribution is -2.33. The summed E-state index contributed by atoms with van der Waals surface area (Å²) in [6, 6.07) is 0. The standard InChI is InChI=1S/C20H28N6O4/c1-5-29-17(27)16-13-8-7-12-11-23-18(21)24-14(12)15(13)25-26(16)10-6-9-22-19(28)30-20(2,3)4/h11H,5-10H2,1-4H3,(H,22,28)(H2,21,23,24). The Balaban J connectivity index is 1.79. The van der Waals surface area contributed by atoms with Gasteiger partial charge >= 0.3 is 12.1 Å². The first kappa shape index (κ1) is 21.5. The lowest BCUT2D eigenvalue weighted by Gasteiger charge is -2.19. The lowest BCUT2D eigenvalue weighted by atomic mass is 9.93. The molecule has 0 saturated carbocycles. The Labute approximate surface area is 175 Å². The number of aromatic nitrogens is 4. The second-order valence-electron chi connectivity index (χ2n) is 8.00. The summed E-state index contributed by atoms with van der Waals surface area (Å²) in [7, 11) is 0. The molecule has 0 atom stereocenters. The number of hydrogen-bond donors (Lipinski definition) is 2. The van der Waals surface area contributed by atoms with Crippen LogP contribution in [0, 0.1) is 0 Å². The quantitative estimate of drug-likeness (QED) is 0.540. The number of hydrogen-bond acceptors (Lipinski definition) is 8. The molecule has 0 spiro atoms. The maximum atomic E-state index is 12.6. The SMILES string of the molecule is CCOC(=O)c1c2c(nn1CCCNC(=O)OC(C)(C)C)-c1nc(N)ncc1CC2. The summed E-state index contributed by atoms with van der Waals surface area (Å²) in [5, 5.41) is 7.35. The van der Waals surface area contributed by atoms with Gasteiger partial charge in [0.25, 0.3) is 0 Å². The van der Waals surface area contributed by atoms with E-state index >= 15 is 0 Å². The number of fused-ring (bicyclic) bond motifs is 3. The largest absolute Gasteiger partial charge is 0.461 e. The Bertz CT molecular complexity index is 948. The maximum absolute atomic E-state index is 12.6. The highest BCUT2D eigenvalue weighted by Gasteiger charge is 2.30. The van der Waals surface area contributed by atoms with E-state index in [0.717, 1.165) is 11.1 Å². The molecular weight excluding hydrogens is 388 g/mol. The Morgan fingerprint density at radius 1 is 1.27 bits per heavy atom. The summed E-state index contributed by atoms with van der Waals surface area (Å²) in [5.74, 6) is -0.257. The van der Waals surface area contributed by atoms with E-state index in [1.807, 2.05) is 0 Å². The van der Waals surface area contributed by atoms with Crippen LogP contribution >= 0.6 is 0 Å². The van der Waals surface area contributed by atoms with Crippen molar-refractivity contribution in [3.8, 4) is 11.4 Å². The number of carbonyl (C=O) groups is 2. The molecule has 1 amide bonds. The van der Waals surface area contributed by atoms with Gasteiger partial charge in [-0.1, -0.05) is 0 Å². The summed E-state index contributed by atoms with van der Waals surface area (Å²) in [6.45, 7) is 8.26. The van der Waals surface area contributed by atoms with Crippen LogP contribution in [-0.4, -0.2) is 50.6 Å². The van der Waals surface area contributed by atoms with Crippen molar-refractivity contribution in [2.45, 2.75) is 59.1 Å². The van der Waals surface area contributed by atoms with Crippen molar-refractivity contribution in [1.29, 1.82) is 0 Å². The highest BCUT2D eigenvalue weighted by atomic mass is 16.6. The Kier molecular flexibility index (Phi) is 6.23. The topological polar surface area (TPSA) is 134 Å². The highest BCUT2D eigenvalue weighted by Crippen LogP contribution is 2.33. The minimum atomic E-state index is -0.556. The van der Waals surface area contributed by atoms with E-state index in [1.54, 1.807) is 38.6 Å². The van der Waals surface area contributed by atoms with Gasteiger partial charge in [0.1, 0.15) is 17.0 Å². The monoisotopic (exact) mass is 416 g/mol. The molecule has 0 unspecified atom stereocenters. The van der Waals surface area contributed by atoms with Crippen molar-refractivity contribution < 1.29 is 19.1 Å². The molecule has 2 aromatic rings. The van der Waals surface area contributed by atoms with Crippen LogP contribution in [0.3, 0.4) is 0 Å². The number of rotatable bonds is 6. The maximum Gasteiger partial charge on any atom is 0.407 e. The first-order valence-electron chi connectivity index (χ1n) is 10.0. The zero-order valence-corrected chi connectivity index (χ0v) is 17.8. The molecule has 0 aromatic carbocycles. The van der Waals surface area contributed by atoms with Crippen molar-refractivity contribution in [3.05, 3.63) is 23.0 Å². The third-order valence-electron chi connectivity index (χ3n) is 4.49. The second kappa shape index (κ2) is 8.68. The van der Waals surface area contributed by atoms with Gasteiger partial charge in [-0.15, -0.1) is 0 Å². The third kappa shape index (κ3) is 4.87. The number of alkyl carbamates (subject to hydrolysis) is 1. The molecule has 3 rings (SSSR count). The number of nitrogen functional groups attached to an aromatic ring is 1. The van der Waals surface area contributed by atoms with Gasteiger partial charge in [-0.25, -0.2) is 19.6 Å². The van der Waals surface area contributed by atoms with Crippen molar-refractivity contribution in [2.24, 2.45) is 0 Å². The normalized spacial score (nSPS) is 12.7. The fourth-order valence-electron chi connectivity index (χ4n) is 3.32. The third-order valence-corrected chi connectivity index (χ3v) is 4.49. The molecule has 0 fully saturated rings. The smallest absolute Gasteiger partial charge is 0.407 e. The van der Waals surface area contributed by atoms with Crippen molar-refractivity contribution in [2.75, 3.05) is 18.9 Å². The van der Waals surface area contributed by atoms with E-state index in [1.165, 1.54) is 0 Å². The van der Waals surface area contributed by atoms with E-state index in [4.69, 9.17) is 15.2 Å². The van der Waals surface area contributed by atoms with Crippen LogP contribution in [0.5, 0.6) is 0 Å². The van der Waals surface area contributed by atoms with E-state index < -0.39 is 17.7 Å². The number of nitrogens with two attached hydrogens (primary N) is 1. The molecule has 10 heteroatoms. The number of nitrogens with one attached hydrogen (secondary N) is 1. The summed E-state index contributed by atoms with van der Waals surface area (Å²) >= 11 is 0. The number of esters is 1. The van der Waals surface area contributed by atoms with Gasteiger partial charge in [-0.05, 0) is 52.5 Å². The predicted octanol–water partition coefficient (Wildman–Crippen LogP) is 2.11. The molecule has 1 aliphatic rings. The summed E-state index contributed by atoms with van der Waals surface area (Å²) < 4.78 is 12.1. The molecular formula is C20H28N6O4. The molecule has 1 aliphatic carbocycles. The molecule has 162 valence electrons. The molecule has 2 aromatic heterocycles. The van der Waals surface area contributed by atoms with Crippen molar-refractivity contribution >= 4 is 18.0 Å². The first-order valence-corrected chi connectivity index (χ1v) is 10.0.